The third-order valence-electron chi connectivity index (χ3n) is 1.16. The van der Waals surface area contributed by atoms with E-state index in [1.807, 2.05) is 0 Å². The summed E-state index contributed by atoms with van der Waals surface area (Å²) in [5.41, 5.74) is -0.0116. The van der Waals surface area contributed by atoms with Crippen molar-refractivity contribution in [3.8, 4) is 0 Å². The molecule has 0 saturated heterocycles. The van der Waals surface area contributed by atoms with Gasteiger partial charge in [0.05, 0.1) is 6.21 Å². The van der Waals surface area contributed by atoms with Gasteiger partial charge in [0.1, 0.15) is 6.54 Å². The number of rotatable bonds is 1. The summed E-state index contributed by atoms with van der Waals surface area (Å²) >= 11 is 0. The molecule has 1 aliphatic rings. The van der Waals surface area contributed by atoms with Crippen molar-refractivity contribution in [2.45, 2.75) is 0 Å². The lowest BCUT2D eigenvalue weighted by atomic mass is 10.2. The van der Waals surface area contributed by atoms with Crippen LogP contribution in [0, 0.1) is 0 Å². The van der Waals surface area contributed by atoms with Crippen LogP contribution >= 0.6 is 0 Å². The van der Waals surface area contributed by atoms with Crippen LogP contribution in [0.4, 0.5) is 0 Å². The monoisotopic (exact) mass is 153 g/mol. The van der Waals surface area contributed by atoms with E-state index in [4.69, 9.17) is 5.11 Å². The van der Waals surface area contributed by atoms with Crippen LogP contribution in [0.5, 0.6) is 0 Å². The Balaban J connectivity index is 3.01. The number of Topliss-reactive ketones (excluding diaryl/α,β-unsaturated/α-hetero) is 1. The van der Waals surface area contributed by atoms with Gasteiger partial charge >= 0.3 is 0 Å². The number of aliphatic imine (C=N–C) groups is 1. The maximum Gasteiger partial charge on any atom is 0.208 e. The van der Waals surface area contributed by atoms with Crippen molar-refractivity contribution in [1.29, 1.82) is 0 Å². The minimum atomic E-state index is -0.310. The van der Waals surface area contributed by atoms with Crippen LogP contribution in [0.2, 0.25) is 0 Å². The molecule has 0 spiro atoms. The normalized spacial score (nSPS) is 18.5. The van der Waals surface area contributed by atoms with Crippen molar-refractivity contribution < 1.29 is 9.90 Å². The van der Waals surface area contributed by atoms with Crippen LogP contribution < -0.4 is 0 Å². The van der Waals surface area contributed by atoms with Crippen LogP contribution in [0.25, 0.3) is 0 Å². The molecule has 5 nitrogen and oxygen atoms in total. The first-order valence-electron chi connectivity index (χ1n) is 3.02. The number of hydrogen-bond donors (Lipinski definition) is 1. The van der Waals surface area contributed by atoms with E-state index >= 15 is 0 Å². The second kappa shape index (κ2) is 3.05. The predicted octanol–water partition coefficient (Wildman–Crippen LogP) is 0.491. The fraction of sp³-hybridized carbons (Fsp3) is 0.333. The minimum Gasteiger partial charge on any atom is -0.504 e. The molecule has 0 radical (unpaired) electrons. The molecule has 0 saturated carbocycles. The van der Waals surface area contributed by atoms with Gasteiger partial charge < -0.3 is 5.11 Å². The van der Waals surface area contributed by atoms with E-state index in [0.717, 1.165) is 0 Å². The van der Waals surface area contributed by atoms with E-state index in [1.54, 1.807) is 0 Å². The molecule has 1 N–H and O–H groups in total. The Morgan fingerprint density at radius 3 is 3.00 bits per heavy atom. The summed E-state index contributed by atoms with van der Waals surface area (Å²) in [6, 6.07) is 0. The molecule has 11 heavy (non-hydrogen) atoms. The molecule has 0 aromatic heterocycles. The van der Waals surface area contributed by atoms with E-state index in [1.165, 1.54) is 13.3 Å². The zero-order chi connectivity index (χ0) is 8.27. The summed E-state index contributed by atoms with van der Waals surface area (Å²) in [7, 11) is 1.43. The lowest BCUT2D eigenvalue weighted by molar-refractivity contribution is -0.114. The van der Waals surface area contributed by atoms with Crippen LogP contribution in [-0.4, -0.2) is 30.7 Å². The van der Waals surface area contributed by atoms with Crippen molar-refractivity contribution in [3.05, 3.63) is 11.5 Å². The third-order valence-corrected chi connectivity index (χ3v) is 1.16. The van der Waals surface area contributed by atoms with Gasteiger partial charge in [0, 0.05) is 7.05 Å². The molecule has 0 aromatic rings. The standard InChI is InChI=1S/C6H7N3O2/c1-7-9-6-4(10)2-8-3-5(6)11/h2,10H,3H2,1H3. The molecule has 5 heteroatoms. The Bertz CT molecular complexity index is 265. The van der Waals surface area contributed by atoms with Gasteiger partial charge in [-0.1, -0.05) is 0 Å². The molecule has 0 atom stereocenters. The molecule has 0 amide bonds. The van der Waals surface area contributed by atoms with E-state index in [2.05, 4.69) is 15.2 Å². The molecule has 58 valence electrons. The largest absolute Gasteiger partial charge is 0.504 e. The average molecular weight is 153 g/mol. The maximum absolute atomic E-state index is 10.9. The summed E-state index contributed by atoms with van der Waals surface area (Å²) in [5, 5.41) is 15.9. The first-order chi connectivity index (χ1) is 5.25. The molecule has 0 bridgehead atoms. The highest BCUT2D eigenvalue weighted by Crippen LogP contribution is 2.08. The number of azo groups is 1. The molecule has 0 unspecified atom stereocenters. The Morgan fingerprint density at radius 2 is 2.45 bits per heavy atom. The van der Waals surface area contributed by atoms with Crippen LogP contribution in [0.15, 0.2) is 26.7 Å². The summed E-state index contributed by atoms with van der Waals surface area (Å²) in [5.74, 6) is -0.526. The van der Waals surface area contributed by atoms with Crippen molar-refractivity contribution in [2.24, 2.45) is 15.2 Å². The van der Waals surface area contributed by atoms with Gasteiger partial charge in [0.15, 0.2) is 11.5 Å². The fourth-order valence-corrected chi connectivity index (χ4v) is 0.701. The van der Waals surface area contributed by atoms with Crippen molar-refractivity contribution >= 4 is 12.0 Å². The van der Waals surface area contributed by atoms with Gasteiger partial charge in [-0.2, -0.15) is 5.11 Å². The number of carbonyl (C=O) groups is 1. The van der Waals surface area contributed by atoms with Crippen LogP contribution in [-0.2, 0) is 4.79 Å². The first kappa shape index (κ1) is 7.59. The molecule has 1 rings (SSSR count). The SMILES string of the molecule is CN=NC1=C(O)C=NCC1=O. The van der Waals surface area contributed by atoms with Gasteiger partial charge in [0.25, 0.3) is 0 Å². The van der Waals surface area contributed by atoms with E-state index < -0.39 is 0 Å². The number of aliphatic hydroxyl groups is 1. The van der Waals surface area contributed by atoms with Crippen LogP contribution in [0.1, 0.15) is 0 Å². The Labute approximate surface area is 63.2 Å². The minimum absolute atomic E-state index is 0.0116. The van der Waals surface area contributed by atoms with Crippen molar-refractivity contribution in [3.63, 3.8) is 0 Å². The Morgan fingerprint density at radius 1 is 1.73 bits per heavy atom. The fourth-order valence-electron chi connectivity index (χ4n) is 0.701. The maximum atomic E-state index is 10.9. The second-order valence-electron chi connectivity index (χ2n) is 1.93. The summed E-state index contributed by atoms with van der Waals surface area (Å²) in [6.45, 7) is 0.0401. The van der Waals surface area contributed by atoms with Gasteiger partial charge in [-0.05, 0) is 0 Å². The van der Waals surface area contributed by atoms with E-state index in [-0.39, 0.29) is 23.8 Å². The number of allylic oxidation sites excluding steroid dienone is 1. The highest BCUT2D eigenvalue weighted by Gasteiger charge is 2.16. The smallest absolute Gasteiger partial charge is 0.208 e. The number of nitrogens with zero attached hydrogens (tertiary/aromatic N) is 3. The van der Waals surface area contributed by atoms with Crippen molar-refractivity contribution in [1.82, 2.24) is 0 Å². The molecular formula is C6H7N3O2. The quantitative estimate of drug-likeness (QED) is 0.556. The number of hydrogen-bond acceptors (Lipinski definition) is 5. The topological polar surface area (TPSA) is 74.4 Å². The van der Waals surface area contributed by atoms with Gasteiger partial charge in [-0.3, -0.25) is 9.79 Å². The van der Waals surface area contributed by atoms with Gasteiger partial charge in [0.2, 0.25) is 5.78 Å². The Hall–Kier alpha value is -1.52. The first-order valence-corrected chi connectivity index (χ1v) is 3.02. The zero-order valence-electron chi connectivity index (χ0n) is 5.98. The Kier molecular flexibility index (Phi) is 2.10. The molecular weight excluding hydrogens is 146 g/mol. The highest BCUT2D eigenvalue weighted by atomic mass is 16.3. The molecule has 0 aromatic carbocycles. The zero-order valence-corrected chi connectivity index (χ0v) is 5.98. The molecule has 1 heterocycles. The highest BCUT2D eigenvalue weighted by molar-refractivity contribution is 6.04. The molecule has 1 aliphatic heterocycles. The van der Waals surface area contributed by atoms with Crippen LogP contribution in [0.3, 0.4) is 0 Å². The average Bonchev–Trinajstić information content (AvgIpc) is 1.97. The number of dihydropyridines is 1. The summed E-state index contributed by atoms with van der Waals surface area (Å²) < 4.78 is 0. The van der Waals surface area contributed by atoms with E-state index in [9.17, 15) is 4.79 Å². The lowest BCUT2D eigenvalue weighted by Gasteiger charge is -2.02. The predicted molar refractivity (Wildman–Crippen MR) is 38.8 cm³/mol. The molecule has 0 aliphatic carbocycles. The van der Waals surface area contributed by atoms with E-state index in [0.29, 0.717) is 0 Å². The van der Waals surface area contributed by atoms with Crippen molar-refractivity contribution in [2.75, 3.05) is 13.6 Å². The number of aliphatic hydroxyl groups excluding tert-OH is 1. The van der Waals surface area contributed by atoms with Gasteiger partial charge in [-0.25, -0.2) is 0 Å². The second-order valence-corrected chi connectivity index (χ2v) is 1.93. The summed E-state index contributed by atoms with van der Waals surface area (Å²) in [6.07, 6.45) is 1.20. The number of ketones is 1. The summed E-state index contributed by atoms with van der Waals surface area (Å²) in [4.78, 5) is 14.5. The third kappa shape index (κ3) is 1.49. The van der Waals surface area contributed by atoms with Gasteiger partial charge in [-0.15, -0.1) is 5.11 Å². The number of carbonyl (C=O) groups excluding carboxylic acids is 1. The lowest BCUT2D eigenvalue weighted by Crippen LogP contribution is -2.13. The molecule has 0 fully saturated rings.